The summed E-state index contributed by atoms with van der Waals surface area (Å²) in [5, 5.41) is 11.3. The molecule has 3 heterocycles. The monoisotopic (exact) mass is 327 g/mol. The van der Waals surface area contributed by atoms with Gasteiger partial charge in [0.25, 0.3) is 5.89 Å². The second-order valence-corrected chi connectivity index (χ2v) is 6.02. The number of rotatable bonds is 6. The molecule has 7 heteroatoms. The third kappa shape index (κ3) is 3.45. The first-order valence-electron chi connectivity index (χ1n) is 8.00. The van der Waals surface area contributed by atoms with Gasteiger partial charge in [0, 0.05) is 29.8 Å². The Morgan fingerprint density at radius 1 is 1.17 bits per heavy atom. The Bertz CT molecular complexity index is 803. The molecule has 126 valence electrons. The molecule has 3 rings (SSSR count). The van der Waals surface area contributed by atoms with Gasteiger partial charge in [-0.3, -0.25) is 0 Å². The van der Waals surface area contributed by atoms with E-state index in [4.69, 9.17) is 9.05 Å². The van der Waals surface area contributed by atoms with E-state index in [0.717, 1.165) is 41.4 Å². The van der Waals surface area contributed by atoms with E-state index >= 15 is 0 Å². The quantitative estimate of drug-likeness (QED) is 0.740. The fourth-order valence-corrected chi connectivity index (χ4v) is 2.42. The molecule has 3 aromatic rings. The topological polar surface area (TPSA) is 89.9 Å². The summed E-state index contributed by atoms with van der Waals surface area (Å²) in [4.78, 5) is 8.74. The molecule has 7 nitrogen and oxygen atoms in total. The van der Waals surface area contributed by atoms with Gasteiger partial charge < -0.3 is 14.4 Å². The van der Waals surface area contributed by atoms with E-state index in [9.17, 15) is 0 Å². The van der Waals surface area contributed by atoms with Crippen molar-refractivity contribution in [3.8, 4) is 11.5 Å². The number of pyridine rings is 1. The van der Waals surface area contributed by atoms with Gasteiger partial charge in [-0.25, -0.2) is 4.98 Å². The highest BCUT2D eigenvalue weighted by molar-refractivity contribution is 5.57. The Labute approximate surface area is 140 Å². The maximum absolute atomic E-state index is 5.32. The first-order chi connectivity index (χ1) is 11.5. The number of anilines is 1. The summed E-state index contributed by atoms with van der Waals surface area (Å²) in [6.45, 7) is 8.68. The van der Waals surface area contributed by atoms with E-state index in [1.54, 1.807) is 6.20 Å². The number of hydrogen-bond acceptors (Lipinski definition) is 7. The van der Waals surface area contributed by atoms with Crippen LogP contribution in [0.5, 0.6) is 0 Å². The lowest BCUT2D eigenvalue weighted by molar-refractivity contribution is 0.392. The molecule has 0 saturated carbocycles. The second kappa shape index (κ2) is 6.82. The lowest BCUT2D eigenvalue weighted by Crippen LogP contribution is -2.07. The van der Waals surface area contributed by atoms with Gasteiger partial charge in [-0.05, 0) is 32.4 Å². The van der Waals surface area contributed by atoms with Crippen LogP contribution in [0.25, 0.3) is 11.5 Å². The minimum Gasteiger partial charge on any atom is -0.370 e. The second-order valence-electron chi connectivity index (χ2n) is 6.02. The fourth-order valence-electron chi connectivity index (χ4n) is 2.42. The maximum atomic E-state index is 5.32. The Hall–Kier alpha value is -2.70. The van der Waals surface area contributed by atoms with Crippen molar-refractivity contribution in [3.05, 3.63) is 41.2 Å². The van der Waals surface area contributed by atoms with Gasteiger partial charge in [-0.15, -0.1) is 0 Å². The van der Waals surface area contributed by atoms with Crippen molar-refractivity contribution in [2.45, 2.75) is 40.0 Å². The Kier molecular flexibility index (Phi) is 4.59. The summed E-state index contributed by atoms with van der Waals surface area (Å²) in [5.74, 6) is 3.08. The van der Waals surface area contributed by atoms with E-state index in [1.807, 2.05) is 39.8 Å². The van der Waals surface area contributed by atoms with Gasteiger partial charge in [0.2, 0.25) is 0 Å². The molecule has 0 atom stereocenters. The van der Waals surface area contributed by atoms with Crippen molar-refractivity contribution in [1.29, 1.82) is 0 Å². The smallest absolute Gasteiger partial charge is 0.258 e. The van der Waals surface area contributed by atoms with Gasteiger partial charge in [0.15, 0.2) is 5.82 Å². The number of hydrogen-bond donors (Lipinski definition) is 1. The summed E-state index contributed by atoms with van der Waals surface area (Å²) in [5.41, 5.74) is 2.92. The van der Waals surface area contributed by atoms with Crippen molar-refractivity contribution in [2.24, 2.45) is 0 Å². The van der Waals surface area contributed by atoms with Crippen LogP contribution >= 0.6 is 0 Å². The zero-order valence-electron chi connectivity index (χ0n) is 14.3. The molecule has 24 heavy (non-hydrogen) atoms. The predicted molar refractivity (Wildman–Crippen MR) is 89.8 cm³/mol. The molecule has 0 unspecified atom stereocenters. The van der Waals surface area contributed by atoms with Crippen molar-refractivity contribution in [1.82, 2.24) is 20.3 Å². The summed E-state index contributed by atoms with van der Waals surface area (Å²) in [6.07, 6.45) is 2.55. The van der Waals surface area contributed by atoms with Crippen molar-refractivity contribution < 1.29 is 9.05 Å². The number of nitrogens with zero attached hydrogens (tertiary/aromatic N) is 4. The minimum atomic E-state index is 0.233. The Balaban J connectivity index is 1.67. The predicted octanol–water partition coefficient (Wildman–Crippen LogP) is 3.51. The minimum absolute atomic E-state index is 0.233. The molecule has 3 aromatic heterocycles. The summed E-state index contributed by atoms with van der Waals surface area (Å²) in [7, 11) is 0. The van der Waals surface area contributed by atoms with Crippen LogP contribution in [0.2, 0.25) is 0 Å². The molecule has 0 aliphatic rings. The highest BCUT2D eigenvalue weighted by Gasteiger charge is 2.12. The van der Waals surface area contributed by atoms with E-state index in [1.165, 1.54) is 0 Å². The molecule has 0 aliphatic heterocycles. The third-order valence-corrected chi connectivity index (χ3v) is 3.83. The van der Waals surface area contributed by atoms with Gasteiger partial charge in [0.05, 0.1) is 5.69 Å². The Morgan fingerprint density at radius 2 is 2.00 bits per heavy atom. The molecule has 0 aromatic carbocycles. The average Bonchev–Trinajstić information content (AvgIpc) is 3.17. The van der Waals surface area contributed by atoms with Gasteiger partial charge in [-0.1, -0.05) is 24.2 Å². The van der Waals surface area contributed by atoms with E-state index in [0.29, 0.717) is 11.7 Å². The SMILES string of the molecule is Cc1noc(C)c1CCNc1cc(-c2nc(C(C)C)no2)ccn1. The van der Waals surface area contributed by atoms with E-state index < -0.39 is 0 Å². The summed E-state index contributed by atoms with van der Waals surface area (Å²) >= 11 is 0. The van der Waals surface area contributed by atoms with E-state index in [-0.39, 0.29) is 5.92 Å². The standard InChI is InChI=1S/C17H21N5O2/c1-10(2)16-20-17(24-22-16)13-5-7-18-15(9-13)19-8-6-14-11(3)21-23-12(14)4/h5,7,9-10H,6,8H2,1-4H3,(H,18,19). The van der Waals surface area contributed by atoms with Crippen LogP contribution in [0.1, 0.15) is 42.6 Å². The number of aromatic nitrogens is 4. The summed E-state index contributed by atoms with van der Waals surface area (Å²) in [6, 6.07) is 3.77. The lowest BCUT2D eigenvalue weighted by atomic mass is 10.1. The number of nitrogens with one attached hydrogen (secondary N) is 1. The highest BCUT2D eigenvalue weighted by atomic mass is 16.5. The fraction of sp³-hybridized carbons (Fsp3) is 0.412. The molecule has 0 saturated heterocycles. The van der Waals surface area contributed by atoms with Crippen LogP contribution in [0.15, 0.2) is 27.4 Å². The van der Waals surface area contributed by atoms with E-state index in [2.05, 4.69) is 25.6 Å². The first kappa shape index (κ1) is 16.2. The zero-order valence-corrected chi connectivity index (χ0v) is 14.3. The molecule has 0 amide bonds. The van der Waals surface area contributed by atoms with Crippen LogP contribution in [-0.4, -0.2) is 26.8 Å². The lowest BCUT2D eigenvalue weighted by Gasteiger charge is -2.06. The average molecular weight is 327 g/mol. The molecule has 1 N–H and O–H groups in total. The van der Waals surface area contributed by atoms with Gasteiger partial charge >= 0.3 is 0 Å². The van der Waals surface area contributed by atoms with Crippen LogP contribution in [0.3, 0.4) is 0 Å². The third-order valence-electron chi connectivity index (χ3n) is 3.83. The zero-order chi connectivity index (χ0) is 17.1. The molecule has 0 spiro atoms. The molecule has 0 radical (unpaired) electrons. The van der Waals surface area contributed by atoms with Crippen LogP contribution in [0, 0.1) is 13.8 Å². The molecular formula is C17H21N5O2. The van der Waals surface area contributed by atoms with Gasteiger partial charge in [-0.2, -0.15) is 4.98 Å². The highest BCUT2D eigenvalue weighted by Crippen LogP contribution is 2.21. The first-order valence-corrected chi connectivity index (χ1v) is 8.00. The maximum Gasteiger partial charge on any atom is 0.258 e. The van der Waals surface area contributed by atoms with Crippen molar-refractivity contribution >= 4 is 5.82 Å². The molecule has 0 fully saturated rings. The largest absolute Gasteiger partial charge is 0.370 e. The molecule has 0 bridgehead atoms. The van der Waals surface area contributed by atoms with Gasteiger partial charge in [0.1, 0.15) is 11.6 Å². The van der Waals surface area contributed by atoms with Crippen molar-refractivity contribution in [3.63, 3.8) is 0 Å². The normalized spacial score (nSPS) is 11.2. The number of aryl methyl sites for hydroxylation is 2. The van der Waals surface area contributed by atoms with Crippen LogP contribution in [0.4, 0.5) is 5.82 Å². The molecule has 0 aliphatic carbocycles. The van der Waals surface area contributed by atoms with Crippen LogP contribution < -0.4 is 5.32 Å². The van der Waals surface area contributed by atoms with Crippen molar-refractivity contribution in [2.75, 3.05) is 11.9 Å². The summed E-state index contributed by atoms with van der Waals surface area (Å²) < 4.78 is 10.5. The molecular weight excluding hydrogens is 306 g/mol. The van der Waals surface area contributed by atoms with Crippen LogP contribution in [-0.2, 0) is 6.42 Å². The Morgan fingerprint density at radius 3 is 2.67 bits per heavy atom.